The number of hydrogen-bond acceptors (Lipinski definition) is 3. The summed E-state index contributed by atoms with van der Waals surface area (Å²) in [5.74, 6) is 0.388. The number of nitrogens with one attached hydrogen (secondary N) is 3. The molecule has 2 aromatic carbocycles. The number of H-pyrrole nitrogens is 2. The molecule has 0 unspecified atom stereocenters. The first-order chi connectivity index (χ1) is 12.1. The molecule has 2 heterocycles. The second-order valence-corrected chi connectivity index (χ2v) is 6.13. The van der Waals surface area contributed by atoms with Crippen LogP contribution in [0.15, 0.2) is 47.3 Å². The average molecular weight is 336 g/mol. The highest BCUT2D eigenvalue weighted by molar-refractivity contribution is 5.79. The van der Waals surface area contributed by atoms with E-state index in [1.54, 1.807) is 6.07 Å². The van der Waals surface area contributed by atoms with Crippen LogP contribution in [0.25, 0.3) is 21.9 Å². The van der Waals surface area contributed by atoms with Crippen molar-refractivity contribution in [2.75, 3.05) is 0 Å². The summed E-state index contributed by atoms with van der Waals surface area (Å²) in [7, 11) is 0. The van der Waals surface area contributed by atoms with E-state index in [0.29, 0.717) is 24.2 Å². The van der Waals surface area contributed by atoms with Crippen molar-refractivity contribution < 1.29 is 4.39 Å². The highest BCUT2D eigenvalue weighted by Gasteiger charge is 2.07. The fourth-order valence-electron chi connectivity index (χ4n) is 2.96. The molecule has 25 heavy (non-hydrogen) atoms. The number of nitrogens with zero attached hydrogens (tertiary/aromatic N) is 1. The Labute approximate surface area is 142 Å². The van der Waals surface area contributed by atoms with Gasteiger partial charge in [-0.2, -0.15) is 0 Å². The average Bonchev–Trinajstić information content (AvgIpc) is 2.98. The van der Waals surface area contributed by atoms with E-state index < -0.39 is 5.82 Å². The van der Waals surface area contributed by atoms with Gasteiger partial charge in [-0.15, -0.1) is 0 Å². The fraction of sp³-hybridized carbons (Fsp3) is 0.158. The zero-order chi connectivity index (χ0) is 17.4. The van der Waals surface area contributed by atoms with Gasteiger partial charge in [0.25, 0.3) is 0 Å². The number of para-hydroxylation sites is 1. The van der Waals surface area contributed by atoms with Crippen LogP contribution in [0.4, 0.5) is 4.39 Å². The van der Waals surface area contributed by atoms with Gasteiger partial charge < -0.3 is 15.3 Å². The first kappa shape index (κ1) is 15.5. The van der Waals surface area contributed by atoms with Gasteiger partial charge in [0.15, 0.2) is 5.43 Å². The number of aryl methyl sites for hydroxylation is 1. The molecule has 3 N–H and O–H groups in total. The molecule has 0 bridgehead atoms. The molecule has 0 fully saturated rings. The maximum Gasteiger partial charge on any atom is 0.189 e. The molecule has 0 aliphatic carbocycles. The Bertz CT molecular complexity index is 1130. The standard InChI is InChI=1S/C19H17FN4O/c1-11-5-6-15-16(7-11)24-18(23-15)10-21-9-12-8-17(25)13-3-2-4-14(20)19(13)22-12/h2-8,21H,9-10H2,1H3,(H,22,25)(H,23,24). The Morgan fingerprint density at radius 1 is 1.12 bits per heavy atom. The molecule has 126 valence electrons. The number of imidazole rings is 1. The number of aromatic amines is 2. The second kappa shape index (κ2) is 6.14. The van der Waals surface area contributed by atoms with E-state index in [2.05, 4.69) is 26.3 Å². The van der Waals surface area contributed by atoms with Gasteiger partial charge in [0, 0.05) is 23.7 Å². The Kier molecular flexibility index (Phi) is 3.82. The van der Waals surface area contributed by atoms with E-state index in [9.17, 15) is 9.18 Å². The summed E-state index contributed by atoms with van der Waals surface area (Å²) in [6.45, 7) is 2.97. The van der Waals surface area contributed by atoms with Gasteiger partial charge in [-0.1, -0.05) is 12.1 Å². The molecule has 0 saturated heterocycles. The van der Waals surface area contributed by atoms with Crippen molar-refractivity contribution in [3.8, 4) is 0 Å². The minimum Gasteiger partial charge on any atom is -0.355 e. The highest BCUT2D eigenvalue weighted by Crippen LogP contribution is 2.14. The molecule has 0 amide bonds. The van der Waals surface area contributed by atoms with Gasteiger partial charge in [0.2, 0.25) is 0 Å². The lowest BCUT2D eigenvalue weighted by atomic mass is 10.2. The fourth-order valence-corrected chi connectivity index (χ4v) is 2.96. The predicted molar refractivity (Wildman–Crippen MR) is 95.9 cm³/mol. The van der Waals surface area contributed by atoms with Crippen LogP contribution in [-0.4, -0.2) is 15.0 Å². The van der Waals surface area contributed by atoms with Gasteiger partial charge in [0.1, 0.15) is 11.6 Å². The summed E-state index contributed by atoms with van der Waals surface area (Å²) in [6.07, 6.45) is 0. The van der Waals surface area contributed by atoms with Crippen LogP contribution in [0, 0.1) is 12.7 Å². The van der Waals surface area contributed by atoms with E-state index in [4.69, 9.17) is 0 Å². The molecule has 0 atom stereocenters. The van der Waals surface area contributed by atoms with Crippen molar-refractivity contribution in [1.29, 1.82) is 0 Å². The lowest BCUT2D eigenvalue weighted by Gasteiger charge is -2.06. The zero-order valence-corrected chi connectivity index (χ0v) is 13.7. The van der Waals surface area contributed by atoms with E-state index >= 15 is 0 Å². The van der Waals surface area contributed by atoms with Crippen LogP contribution in [0.2, 0.25) is 0 Å². The Hall–Kier alpha value is -2.99. The van der Waals surface area contributed by atoms with E-state index in [1.165, 1.54) is 23.8 Å². The predicted octanol–water partition coefficient (Wildman–Crippen LogP) is 3.14. The third-order valence-electron chi connectivity index (χ3n) is 4.16. The largest absolute Gasteiger partial charge is 0.355 e. The summed E-state index contributed by atoms with van der Waals surface area (Å²) in [5, 5.41) is 3.58. The summed E-state index contributed by atoms with van der Waals surface area (Å²) in [5.41, 5.74) is 3.78. The molecule has 0 saturated carbocycles. The Morgan fingerprint density at radius 3 is 2.88 bits per heavy atom. The van der Waals surface area contributed by atoms with Crippen molar-refractivity contribution in [2.24, 2.45) is 0 Å². The van der Waals surface area contributed by atoms with Gasteiger partial charge in [0.05, 0.1) is 23.1 Å². The minimum atomic E-state index is -0.427. The quantitative estimate of drug-likeness (QED) is 0.536. The summed E-state index contributed by atoms with van der Waals surface area (Å²) in [6, 6.07) is 12.0. The second-order valence-electron chi connectivity index (χ2n) is 6.13. The number of fused-ring (bicyclic) bond motifs is 2. The van der Waals surface area contributed by atoms with Crippen molar-refractivity contribution >= 4 is 21.9 Å². The van der Waals surface area contributed by atoms with Crippen molar-refractivity contribution in [2.45, 2.75) is 20.0 Å². The third-order valence-corrected chi connectivity index (χ3v) is 4.16. The maximum absolute atomic E-state index is 13.9. The maximum atomic E-state index is 13.9. The van der Waals surface area contributed by atoms with E-state index in [1.807, 2.05) is 19.1 Å². The van der Waals surface area contributed by atoms with E-state index in [-0.39, 0.29) is 10.9 Å². The highest BCUT2D eigenvalue weighted by atomic mass is 19.1. The van der Waals surface area contributed by atoms with E-state index in [0.717, 1.165) is 16.9 Å². The van der Waals surface area contributed by atoms with Crippen LogP contribution in [0.1, 0.15) is 17.1 Å². The number of rotatable bonds is 4. The molecule has 2 aromatic heterocycles. The van der Waals surface area contributed by atoms with Crippen molar-refractivity contribution in [3.63, 3.8) is 0 Å². The molecule has 0 spiro atoms. The van der Waals surface area contributed by atoms with Crippen LogP contribution in [0.5, 0.6) is 0 Å². The lowest BCUT2D eigenvalue weighted by Crippen LogP contribution is -2.17. The molecular weight excluding hydrogens is 319 g/mol. The Balaban J connectivity index is 1.52. The molecule has 0 aliphatic heterocycles. The Morgan fingerprint density at radius 2 is 2.00 bits per heavy atom. The number of pyridine rings is 1. The van der Waals surface area contributed by atoms with Gasteiger partial charge in [-0.3, -0.25) is 4.79 Å². The molecule has 6 heteroatoms. The number of hydrogen-bond donors (Lipinski definition) is 3. The molecule has 4 aromatic rings. The summed E-state index contributed by atoms with van der Waals surface area (Å²) < 4.78 is 13.9. The minimum absolute atomic E-state index is 0.190. The topological polar surface area (TPSA) is 73.6 Å². The monoisotopic (exact) mass is 336 g/mol. The van der Waals surface area contributed by atoms with Gasteiger partial charge >= 0.3 is 0 Å². The first-order valence-electron chi connectivity index (χ1n) is 8.06. The van der Waals surface area contributed by atoms with Crippen LogP contribution in [0.3, 0.4) is 0 Å². The number of benzene rings is 2. The summed E-state index contributed by atoms with van der Waals surface area (Å²) >= 11 is 0. The van der Waals surface area contributed by atoms with Crippen molar-refractivity contribution in [1.82, 2.24) is 20.3 Å². The van der Waals surface area contributed by atoms with Gasteiger partial charge in [-0.05, 0) is 36.8 Å². The molecular formula is C19H17FN4O. The third kappa shape index (κ3) is 3.04. The van der Waals surface area contributed by atoms with Crippen LogP contribution >= 0.6 is 0 Å². The zero-order valence-electron chi connectivity index (χ0n) is 13.7. The normalized spacial score (nSPS) is 11.4. The first-order valence-corrected chi connectivity index (χ1v) is 8.06. The molecule has 4 rings (SSSR count). The number of halogens is 1. The lowest BCUT2D eigenvalue weighted by molar-refractivity contribution is 0.632. The van der Waals surface area contributed by atoms with Crippen LogP contribution < -0.4 is 10.7 Å². The SMILES string of the molecule is Cc1ccc2nc(CNCc3cc(=O)c4cccc(F)c4[nH]3)[nH]c2c1. The molecule has 0 aliphatic rings. The smallest absolute Gasteiger partial charge is 0.189 e. The van der Waals surface area contributed by atoms with Gasteiger partial charge in [-0.25, -0.2) is 9.37 Å². The number of aromatic nitrogens is 3. The molecule has 0 radical (unpaired) electrons. The summed E-state index contributed by atoms with van der Waals surface area (Å²) in [4.78, 5) is 22.9. The van der Waals surface area contributed by atoms with Crippen LogP contribution in [-0.2, 0) is 13.1 Å². The van der Waals surface area contributed by atoms with Crippen molar-refractivity contribution in [3.05, 3.63) is 75.6 Å². The molecule has 5 nitrogen and oxygen atoms in total.